The number of piperazine rings is 1. The monoisotopic (exact) mass is 489 g/mol. The third-order valence-corrected chi connectivity index (χ3v) is 9.00. The lowest BCUT2D eigenvalue weighted by Gasteiger charge is -2.36. The molecule has 184 valence electrons. The molecular formula is C28H35N5OS. The number of nitrogens with zero attached hydrogens (tertiary/aromatic N) is 5. The van der Waals surface area contributed by atoms with Crippen LogP contribution in [0.3, 0.4) is 0 Å². The molecule has 0 radical (unpaired) electrons. The molecule has 0 saturated carbocycles. The molecule has 2 aliphatic heterocycles. The van der Waals surface area contributed by atoms with Gasteiger partial charge in [0.1, 0.15) is 16.5 Å². The van der Waals surface area contributed by atoms with Crippen molar-refractivity contribution in [3.8, 4) is 0 Å². The van der Waals surface area contributed by atoms with Crippen LogP contribution in [0.1, 0.15) is 47.5 Å². The summed E-state index contributed by atoms with van der Waals surface area (Å²) in [5.74, 6) is 2.40. The second-order valence-electron chi connectivity index (χ2n) is 10.2. The zero-order valence-electron chi connectivity index (χ0n) is 20.5. The fourth-order valence-corrected chi connectivity index (χ4v) is 7.07. The van der Waals surface area contributed by atoms with E-state index in [1.54, 1.807) is 0 Å². The number of aromatic nitrogens is 2. The van der Waals surface area contributed by atoms with Crippen LogP contribution in [0.2, 0.25) is 0 Å². The smallest absolute Gasteiger partial charge is 0.236 e. The molecule has 1 aromatic carbocycles. The van der Waals surface area contributed by atoms with Gasteiger partial charge in [0.25, 0.3) is 0 Å². The molecule has 6 rings (SSSR count). The Hall–Kier alpha value is -2.51. The Bertz CT molecular complexity index is 1180. The molecule has 0 N–H and O–H groups in total. The van der Waals surface area contributed by atoms with Crippen molar-refractivity contribution >= 4 is 33.3 Å². The van der Waals surface area contributed by atoms with E-state index in [2.05, 4.69) is 40.1 Å². The Morgan fingerprint density at radius 1 is 0.857 bits per heavy atom. The van der Waals surface area contributed by atoms with Gasteiger partial charge in [-0.15, -0.1) is 11.3 Å². The highest BCUT2D eigenvalue weighted by atomic mass is 32.1. The lowest BCUT2D eigenvalue weighted by molar-refractivity contribution is -0.131. The van der Waals surface area contributed by atoms with Gasteiger partial charge in [-0.3, -0.25) is 9.69 Å². The molecule has 0 unspecified atom stereocenters. The van der Waals surface area contributed by atoms with E-state index in [9.17, 15) is 4.79 Å². The number of rotatable bonds is 6. The molecule has 0 bridgehead atoms. The summed E-state index contributed by atoms with van der Waals surface area (Å²) in [6.45, 7) is 6.10. The second kappa shape index (κ2) is 10.2. The van der Waals surface area contributed by atoms with Crippen molar-refractivity contribution in [1.82, 2.24) is 19.8 Å². The fraction of sp³-hybridized carbons (Fsp3) is 0.536. The predicted octanol–water partition coefficient (Wildman–Crippen LogP) is 4.10. The average Bonchev–Trinajstić information content (AvgIpc) is 3.56. The van der Waals surface area contributed by atoms with E-state index in [1.165, 1.54) is 45.5 Å². The van der Waals surface area contributed by atoms with Gasteiger partial charge in [-0.2, -0.15) is 0 Å². The number of fused-ring (bicyclic) bond motifs is 3. The topological polar surface area (TPSA) is 52.6 Å². The molecule has 1 amide bonds. The number of aryl methyl sites for hydroxylation is 4. The van der Waals surface area contributed by atoms with Gasteiger partial charge in [0.2, 0.25) is 5.91 Å². The predicted molar refractivity (Wildman–Crippen MR) is 142 cm³/mol. The number of carbonyl (C=O) groups excluding carboxylic acids is 1. The number of carbonyl (C=O) groups is 1. The molecule has 3 aliphatic rings. The highest BCUT2D eigenvalue weighted by molar-refractivity contribution is 7.19. The minimum Gasteiger partial charge on any atom is -0.353 e. The Labute approximate surface area is 212 Å². The van der Waals surface area contributed by atoms with Gasteiger partial charge in [-0.05, 0) is 56.1 Å². The normalized spacial score (nSPS) is 18.9. The summed E-state index contributed by atoms with van der Waals surface area (Å²) in [5, 5.41) is 1.31. The molecule has 4 heterocycles. The number of thiophene rings is 1. The van der Waals surface area contributed by atoms with Crippen LogP contribution in [0.4, 0.5) is 5.82 Å². The summed E-state index contributed by atoms with van der Waals surface area (Å²) < 4.78 is 0. The van der Waals surface area contributed by atoms with Crippen LogP contribution in [0.5, 0.6) is 0 Å². The van der Waals surface area contributed by atoms with Gasteiger partial charge >= 0.3 is 0 Å². The maximum absolute atomic E-state index is 12.7. The zero-order chi connectivity index (χ0) is 23.6. The van der Waals surface area contributed by atoms with Gasteiger partial charge in [0.15, 0.2) is 0 Å². The largest absolute Gasteiger partial charge is 0.353 e. The molecule has 2 saturated heterocycles. The molecule has 7 heteroatoms. The lowest BCUT2D eigenvalue weighted by atomic mass is 9.96. The van der Waals surface area contributed by atoms with Crippen molar-refractivity contribution in [1.29, 1.82) is 0 Å². The molecule has 3 aromatic rings. The number of hydrogen-bond donors (Lipinski definition) is 0. The van der Waals surface area contributed by atoms with Crippen LogP contribution in [-0.4, -0.2) is 71.5 Å². The lowest BCUT2D eigenvalue weighted by Crippen LogP contribution is -2.50. The Morgan fingerprint density at radius 3 is 2.43 bits per heavy atom. The first-order valence-electron chi connectivity index (χ1n) is 13.3. The number of anilines is 1. The molecule has 35 heavy (non-hydrogen) atoms. The maximum Gasteiger partial charge on any atom is 0.236 e. The van der Waals surface area contributed by atoms with Crippen molar-refractivity contribution in [2.24, 2.45) is 0 Å². The van der Waals surface area contributed by atoms with Crippen LogP contribution in [0.15, 0.2) is 30.3 Å². The standard InChI is InChI=1S/C28H35N5OS/c34-25(32-14-6-7-15-32)20-31-16-18-33(19-17-31)27-26-22-10-4-5-11-23(22)35-28(26)30-24(29-27)13-12-21-8-2-1-3-9-21/h1-3,8-9H,4-7,10-20H2. The quantitative estimate of drug-likeness (QED) is 0.522. The van der Waals surface area contributed by atoms with Crippen molar-refractivity contribution in [3.05, 3.63) is 52.2 Å². The van der Waals surface area contributed by atoms with Crippen LogP contribution in [0, 0.1) is 0 Å². The Balaban J connectivity index is 1.22. The van der Waals surface area contributed by atoms with E-state index >= 15 is 0 Å². The van der Waals surface area contributed by atoms with Gasteiger partial charge in [-0.1, -0.05) is 30.3 Å². The van der Waals surface area contributed by atoms with Gasteiger partial charge in [0, 0.05) is 50.6 Å². The summed E-state index contributed by atoms with van der Waals surface area (Å²) in [5.41, 5.74) is 2.84. The third kappa shape index (κ3) is 4.94. The zero-order valence-corrected chi connectivity index (χ0v) is 21.4. The van der Waals surface area contributed by atoms with E-state index in [-0.39, 0.29) is 0 Å². The SMILES string of the molecule is O=C(CN1CCN(c2nc(CCc3ccccc3)nc3sc4c(c23)CCCC4)CC1)N1CCCC1. The van der Waals surface area contributed by atoms with Crippen LogP contribution in [0.25, 0.3) is 10.2 Å². The van der Waals surface area contributed by atoms with Crippen molar-refractivity contribution in [2.45, 2.75) is 51.4 Å². The first kappa shape index (κ1) is 22.9. The minimum atomic E-state index is 0.301. The molecule has 0 spiro atoms. The van der Waals surface area contributed by atoms with E-state index in [4.69, 9.17) is 9.97 Å². The first-order chi connectivity index (χ1) is 17.2. The third-order valence-electron chi connectivity index (χ3n) is 7.81. The highest BCUT2D eigenvalue weighted by Crippen LogP contribution is 2.40. The van der Waals surface area contributed by atoms with Gasteiger partial charge in [-0.25, -0.2) is 9.97 Å². The molecule has 2 aromatic heterocycles. The summed E-state index contributed by atoms with van der Waals surface area (Å²) in [6, 6.07) is 10.6. The number of benzene rings is 1. The number of likely N-dealkylation sites (tertiary alicyclic amines) is 1. The highest BCUT2D eigenvalue weighted by Gasteiger charge is 2.28. The molecule has 6 nitrogen and oxygen atoms in total. The molecule has 2 fully saturated rings. The number of hydrogen-bond acceptors (Lipinski definition) is 6. The van der Waals surface area contributed by atoms with Gasteiger partial charge in [0.05, 0.1) is 11.9 Å². The summed E-state index contributed by atoms with van der Waals surface area (Å²) in [6.07, 6.45) is 9.01. The Morgan fingerprint density at radius 2 is 1.63 bits per heavy atom. The summed E-state index contributed by atoms with van der Waals surface area (Å²) >= 11 is 1.90. The van der Waals surface area contributed by atoms with Crippen molar-refractivity contribution in [2.75, 3.05) is 50.7 Å². The molecular weight excluding hydrogens is 454 g/mol. The van der Waals surface area contributed by atoms with E-state index < -0.39 is 0 Å². The second-order valence-corrected chi connectivity index (χ2v) is 11.3. The molecule has 0 atom stereocenters. The van der Waals surface area contributed by atoms with E-state index in [0.29, 0.717) is 12.5 Å². The van der Waals surface area contributed by atoms with E-state index in [1.807, 2.05) is 16.2 Å². The first-order valence-corrected chi connectivity index (χ1v) is 14.2. The fourth-order valence-electron chi connectivity index (χ4n) is 5.80. The minimum absolute atomic E-state index is 0.301. The van der Waals surface area contributed by atoms with Crippen LogP contribution in [-0.2, 0) is 30.5 Å². The average molecular weight is 490 g/mol. The van der Waals surface area contributed by atoms with Crippen molar-refractivity contribution in [3.63, 3.8) is 0 Å². The van der Waals surface area contributed by atoms with E-state index in [0.717, 1.165) is 83.0 Å². The number of amides is 1. The molecule has 1 aliphatic carbocycles. The van der Waals surface area contributed by atoms with Crippen LogP contribution >= 0.6 is 11.3 Å². The van der Waals surface area contributed by atoms with Gasteiger partial charge < -0.3 is 9.80 Å². The van der Waals surface area contributed by atoms with Crippen LogP contribution < -0.4 is 4.90 Å². The maximum atomic E-state index is 12.7. The van der Waals surface area contributed by atoms with Crippen molar-refractivity contribution < 1.29 is 4.79 Å². The summed E-state index contributed by atoms with van der Waals surface area (Å²) in [7, 11) is 0. The Kier molecular flexibility index (Phi) is 6.70. The summed E-state index contributed by atoms with van der Waals surface area (Å²) in [4.78, 5) is 32.5.